The molecule has 4 N–H and O–H groups in total. The number of amides is 2. The summed E-state index contributed by atoms with van der Waals surface area (Å²) in [5.74, 6) is -4.52. The molecule has 0 radical (unpaired) electrons. The van der Waals surface area contributed by atoms with Crippen LogP contribution in [0.2, 0.25) is 0 Å². The molecule has 4 rings (SSSR count). The van der Waals surface area contributed by atoms with Crippen molar-refractivity contribution in [3.05, 3.63) is 83.7 Å². The van der Waals surface area contributed by atoms with Crippen LogP contribution in [0.5, 0.6) is 0 Å². The van der Waals surface area contributed by atoms with E-state index in [2.05, 4.69) is 25.9 Å². The van der Waals surface area contributed by atoms with Crippen LogP contribution in [0.4, 0.5) is 25.2 Å². The molecule has 1 saturated heterocycles. The minimum atomic E-state index is -1.43. The SMILES string of the molecule is O=C(O)CC(NC(=O)OCc1ccccc1)NC(=O)c1ccc(N2CCC(Nc3ncccn3)CC2)c(F)c1F. The molecule has 1 fully saturated rings. The molecule has 0 spiro atoms. The number of hydrogen-bond acceptors (Lipinski definition) is 8. The Labute approximate surface area is 228 Å². The molecule has 1 aromatic heterocycles. The minimum absolute atomic E-state index is 0.00756. The molecule has 2 amide bonds. The first kappa shape index (κ1) is 28.2. The zero-order valence-electron chi connectivity index (χ0n) is 21.3. The monoisotopic (exact) mass is 554 g/mol. The predicted octanol–water partition coefficient (Wildman–Crippen LogP) is 3.29. The van der Waals surface area contributed by atoms with Gasteiger partial charge in [-0.05, 0) is 36.6 Å². The molecule has 1 atom stereocenters. The molecule has 0 saturated carbocycles. The lowest BCUT2D eigenvalue weighted by Crippen LogP contribution is -2.49. The van der Waals surface area contributed by atoms with Gasteiger partial charge >= 0.3 is 12.1 Å². The first-order chi connectivity index (χ1) is 19.3. The van der Waals surface area contributed by atoms with Gasteiger partial charge in [0.15, 0.2) is 11.6 Å². The Balaban J connectivity index is 1.35. The molecule has 0 bridgehead atoms. The Morgan fingerprint density at radius 3 is 2.35 bits per heavy atom. The van der Waals surface area contributed by atoms with Crippen molar-refractivity contribution in [2.45, 2.75) is 38.1 Å². The number of carbonyl (C=O) groups is 3. The van der Waals surface area contributed by atoms with Crippen LogP contribution in [-0.4, -0.2) is 58.3 Å². The average Bonchev–Trinajstić information content (AvgIpc) is 2.94. The Bertz CT molecular complexity index is 1320. The van der Waals surface area contributed by atoms with Crippen molar-refractivity contribution in [3.8, 4) is 0 Å². The fourth-order valence-electron chi connectivity index (χ4n) is 4.24. The molecule has 40 heavy (non-hydrogen) atoms. The Morgan fingerprint density at radius 2 is 1.68 bits per heavy atom. The fourth-order valence-corrected chi connectivity index (χ4v) is 4.24. The zero-order valence-corrected chi connectivity index (χ0v) is 21.3. The number of anilines is 2. The number of rotatable bonds is 10. The van der Waals surface area contributed by atoms with E-state index in [1.54, 1.807) is 53.7 Å². The van der Waals surface area contributed by atoms with Gasteiger partial charge in [-0.1, -0.05) is 30.3 Å². The first-order valence-corrected chi connectivity index (χ1v) is 12.6. The quantitative estimate of drug-likeness (QED) is 0.277. The summed E-state index contributed by atoms with van der Waals surface area (Å²) >= 11 is 0. The van der Waals surface area contributed by atoms with Gasteiger partial charge in [0.1, 0.15) is 12.8 Å². The highest BCUT2D eigenvalue weighted by Gasteiger charge is 2.27. The number of ether oxygens (including phenoxy) is 1. The lowest BCUT2D eigenvalue weighted by Gasteiger charge is -2.34. The lowest BCUT2D eigenvalue weighted by atomic mass is 10.0. The summed E-state index contributed by atoms with van der Waals surface area (Å²) in [6.07, 6.45) is 1.36. The van der Waals surface area contributed by atoms with Gasteiger partial charge in [0, 0.05) is 31.5 Å². The van der Waals surface area contributed by atoms with Crippen molar-refractivity contribution in [1.82, 2.24) is 20.6 Å². The topological polar surface area (TPSA) is 146 Å². The molecular formula is C27H28F2N6O5. The van der Waals surface area contributed by atoms with Crippen molar-refractivity contribution in [2.75, 3.05) is 23.3 Å². The molecule has 1 aliphatic heterocycles. The summed E-state index contributed by atoms with van der Waals surface area (Å²) in [5, 5.41) is 16.8. The van der Waals surface area contributed by atoms with E-state index in [0.29, 0.717) is 37.4 Å². The Morgan fingerprint density at radius 1 is 0.975 bits per heavy atom. The Hall–Kier alpha value is -4.81. The van der Waals surface area contributed by atoms with Gasteiger partial charge in [-0.25, -0.2) is 23.5 Å². The van der Waals surface area contributed by atoms with Crippen molar-refractivity contribution in [3.63, 3.8) is 0 Å². The number of hydrogen-bond donors (Lipinski definition) is 4. The third kappa shape index (κ3) is 7.62. The smallest absolute Gasteiger partial charge is 0.409 e. The molecule has 1 aliphatic rings. The van der Waals surface area contributed by atoms with Crippen LogP contribution in [-0.2, 0) is 16.1 Å². The number of aromatic nitrogens is 2. The number of nitrogens with one attached hydrogen (secondary N) is 3. The van der Waals surface area contributed by atoms with E-state index < -0.39 is 47.8 Å². The first-order valence-electron chi connectivity index (χ1n) is 12.6. The van der Waals surface area contributed by atoms with Crippen LogP contribution in [0, 0.1) is 11.6 Å². The number of halogens is 2. The summed E-state index contributed by atoms with van der Waals surface area (Å²) < 4.78 is 35.1. The largest absolute Gasteiger partial charge is 0.481 e. The van der Waals surface area contributed by atoms with Crippen LogP contribution in [0.15, 0.2) is 60.9 Å². The number of benzene rings is 2. The Kier molecular flexibility index (Phi) is 9.39. The van der Waals surface area contributed by atoms with Crippen molar-refractivity contribution >= 4 is 29.6 Å². The van der Waals surface area contributed by atoms with E-state index >= 15 is 4.39 Å². The van der Waals surface area contributed by atoms with Crippen LogP contribution < -0.4 is 20.9 Å². The molecule has 11 nitrogen and oxygen atoms in total. The molecular weight excluding hydrogens is 526 g/mol. The van der Waals surface area contributed by atoms with Gasteiger partial charge in [-0.3, -0.25) is 9.59 Å². The highest BCUT2D eigenvalue weighted by atomic mass is 19.2. The van der Waals surface area contributed by atoms with Gasteiger partial charge in [-0.15, -0.1) is 0 Å². The molecule has 2 heterocycles. The molecule has 1 unspecified atom stereocenters. The number of nitrogens with zero attached hydrogens (tertiary/aromatic N) is 3. The maximum Gasteiger partial charge on any atom is 0.409 e. The molecule has 13 heteroatoms. The minimum Gasteiger partial charge on any atom is -0.481 e. The van der Waals surface area contributed by atoms with Gasteiger partial charge in [0.2, 0.25) is 5.95 Å². The molecule has 3 aromatic rings. The number of aliphatic carboxylic acids is 1. The predicted molar refractivity (Wildman–Crippen MR) is 141 cm³/mol. The van der Waals surface area contributed by atoms with Crippen LogP contribution in [0.1, 0.15) is 35.2 Å². The number of carboxylic acid groups (broad SMARTS) is 1. The number of alkyl carbamates (subject to hydrolysis) is 1. The van der Waals surface area contributed by atoms with E-state index in [1.807, 2.05) is 0 Å². The van der Waals surface area contributed by atoms with Crippen molar-refractivity contribution < 1.29 is 33.0 Å². The maximum absolute atomic E-state index is 15.1. The van der Waals surface area contributed by atoms with E-state index in [9.17, 15) is 23.9 Å². The van der Waals surface area contributed by atoms with Gasteiger partial charge in [0.25, 0.3) is 5.91 Å². The standard InChI is InChI=1S/C27H28F2N6O5/c28-23-19(25(38)33-21(15-22(36)37)34-27(39)40-16-17-5-2-1-3-6-17)7-8-20(24(23)29)35-13-9-18(10-14-35)32-26-30-11-4-12-31-26/h1-8,11-12,18,21H,9-10,13-16H2,(H,33,38)(H,34,39)(H,36,37)(H,30,31,32). The lowest BCUT2D eigenvalue weighted by molar-refractivity contribution is -0.137. The third-order valence-corrected chi connectivity index (χ3v) is 6.23. The van der Waals surface area contributed by atoms with E-state index in [-0.39, 0.29) is 18.3 Å². The molecule has 0 aliphatic carbocycles. The molecule has 210 valence electrons. The van der Waals surface area contributed by atoms with Crippen molar-refractivity contribution in [2.24, 2.45) is 0 Å². The second-order valence-corrected chi connectivity index (χ2v) is 9.07. The highest BCUT2D eigenvalue weighted by molar-refractivity contribution is 5.95. The van der Waals surface area contributed by atoms with Gasteiger partial charge in [0.05, 0.1) is 17.7 Å². The highest BCUT2D eigenvalue weighted by Crippen LogP contribution is 2.27. The van der Waals surface area contributed by atoms with E-state index in [4.69, 9.17) is 4.74 Å². The summed E-state index contributed by atoms with van der Waals surface area (Å²) in [5.41, 5.74) is 0.0711. The second-order valence-electron chi connectivity index (χ2n) is 9.07. The van der Waals surface area contributed by atoms with Crippen LogP contribution >= 0.6 is 0 Å². The van der Waals surface area contributed by atoms with Gasteiger partial charge in [-0.2, -0.15) is 0 Å². The van der Waals surface area contributed by atoms with E-state index in [1.165, 1.54) is 6.07 Å². The maximum atomic E-state index is 15.1. The van der Waals surface area contributed by atoms with Crippen LogP contribution in [0.3, 0.4) is 0 Å². The summed E-state index contributed by atoms with van der Waals surface area (Å²) in [6.45, 7) is 0.777. The van der Waals surface area contributed by atoms with Crippen LogP contribution in [0.25, 0.3) is 0 Å². The fraction of sp³-hybridized carbons (Fsp3) is 0.296. The zero-order chi connectivity index (χ0) is 28.5. The molecule has 2 aromatic carbocycles. The van der Waals surface area contributed by atoms with E-state index in [0.717, 1.165) is 6.07 Å². The normalized spacial score (nSPS) is 14.2. The summed E-state index contributed by atoms with van der Waals surface area (Å²) in [4.78, 5) is 46.1. The third-order valence-electron chi connectivity index (χ3n) is 6.23. The second kappa shape index (κ2) is 13.3. The van der Waals surface area contributed by atoms with Gasteiger partial charge < -0.3 is 30.7 Å². The number of carbonyl (C=O) groups excluding carboxylic acids is 2. The number of piperidine rings is 1. The number of carboxylic acids is 1. The van der Waals surface area contributed by atoms with Crippen molar-refractivity contribution in [1.29, 1.82) is 0 Å². The summed E-state index contributed by atoms with van der Waals surface area (Å²) in [6, 6.07) is 12.9. The average molecular weight is 555 g/mol. The summed E-state index contributed by atoms with van der Waals surface area (Å²) in [7, 11) is 0.